The fourth-order valence-corrected chi connectivity index (χ4v) is 5.11. The topological polar surface area (TPSA) is 78.8 Å². The van der Waals surface area contributed by atoms with E-state index in [1.54, 1.807) is 30.3 Å². The zero-order valence-electron chi connectivity index (χ0n) is 15.1. The van der Waals surface area contributed by atoms with Gasteiger partial charge in [-0.3, -0.25) is 4.79 Å². The maximum atomic E-state index is 12.9. The average Bonchev–Trinajstić information content (AvgIpc) is 2.98. The Morgan fingerprint density at radius 2 is 1.89 bits per heavy atom. The largest absolute Gasteiger partial charge is 0.350 e. The summed E-state index contributed by atoms with van der Waals surface area (Å²) in [4.78, 5) is 15.0. The third-order valence-corrected chi connectivity index (χ3v) is 6.79. The number of nitrogens with zero attached hydrogens (tertiary/aromatic N) is 2. The van der Waals surface area contributed by atoms with Crippen LogP contribution in [0.2, 0.25) is 5.02 Å². The summed E-state index contributed by atoms with van der Waals surface area (Å²) in [6, 6.07) is 13.7. The molecule has 2 aliphatic rings. The molecule has 28 heavy (non-hydrogen) atoms. The Morgan fingerprint density at radius 3 is 2.71 bits per heavy atom. The van der Waals surface area contributed by atoms with Crippen molar-refractivity contribution in [2.24, 2.45) is 4.40 Å². The average molecular weight is 418 g/mol. The molecule has 2 aromatic rings. The van der Waals surface area contributed by atoms with Gasteiger partial charge >= 0.3 is 0 Å². The molecule has 1 atom stereocenters. The van der Waals surface area contributed by atoms with Crippen LogP contribution in [0.3, 0.4) is 0 Å². The van der Waals surface area contributed by atoms with E-state index in [2.05, 4.69) is 9.71 Å². The molecule has 0 bridgehead atoms. The van der Waals surface area contributed by atoms with Crippen LogP contribution in [0.5, 0.6) is 0 Å². The number of hydrogen-bond donors (Lipinski definition) is 1. The number of rotatable bonds is 3. The number of carbonyl (C=O) groups excluding carboxylic acids is 1. The predicted octanol–water partition coefficient (Wildman–Crippen LogP) is 2.96. The zero-order valence-corrected chi connectivity index (χ0v) is 16.7. The number of benzene rings is 2. The molecule has 0 saturated carbocycles. The first-order valence-electron chi connectivity index (χ1n) is 9.19. The van der Waals surface area contributed by atoms with Crippen molar-refractivity contribution in [2.75, 3.05) is 6.54 Å². The third kappa shape index (κ3) is 3.52. The van der Waals surface area contributed by atoms with Gasteiger partial charge in [-0.25, -0.2) is 0 Å². The summed E-state index contributed by atoms with van der Waals surface area (Å²) in [7, 11) is -3.72. The van der Waals surface area contributed by atoms with Gasteiger partial charge in [-0.2, -0.15) is 8.42 Å². The Bertz CT molecular complexity index is 1050. The SMILES string of the molecule is O=C(NCc1ccccc1Cl)[C@@H]1CCCCN1C1=NS(=O)(=O)c2ccccc21. The standard InChI is InChI=1S/C20H20ClN3O3S/c21-16-9-3-1-7-14(16)13-22-20(25)17-10-5-6-12-24(17)19-15-8-2-4-11-18(15)28(26,27)23-19/h1-4,7-9,11,17H,5-6,10,12-13H2,(H,22,25)/t17-/m0/s1. The van der Waals surface area contributed by atoms with Crippen LogP contribution in [-0.4, -0.2) is 37.6 Å². The Labute approximate surface area is 169 Å². The number of amides is 1. The normalized spacial score (nSPS) is 20.4. The van der Waals surface area contributed by atoms with Crippen molar-refractivity contribution in [3.8, 4) is 0 Å². The Hall–Kier alpha value is -2.38. The van der Waals surface area contributed by atoms with E-state index < -0.39 is 16.1 Å². The molecule has 0 aromatic heterocycles. The van der Waals surface area contributed by atoms with Crippen LogP contribution >= 0.6 is 11.6 Å². The number of piperidine rings is 1. The van der Waals surface area contributed by atoms with E-state index in [4.69, 9.17) is 11.6 Å². The summed E-state index contributed by atoms with van der Waals surface area (Å²) in [5.41, 5.74) is 1.40. The van der Waals surface area contributed by atoms with Gasteiger partial charge < -0.3 is 10.2 Å². The summed E-state index contributed by atoms with van der Waals surface area (Å²) in [6.07, 6.45) is 2.44. The van der Waals surface area contributed by atoms with Crippen LogP contribution in [-0.2, 0) is 21.4 Å². The number of amidine groups is 1. The lowest BCUT2D eigenvalue weighted by Gasteiger charge is -2.36. The number of carbonyl (C=O) groups is 1. The minimum atomic E-state index is -3.72. The van der Waals surface area contributed by atoms with Gasteiger partial charge in [-0.05, 0) is 43.0 Å². The summed E-state index contributed by atoms with van der Waals surface area (Å²) in [5, 5.41) is 3.54. The fraction of sp³-hybridized carbons (Fsp3) is 0.300. The van der Waals surface area contributed by atoms with Gasteiger partial charge in [0.15, 0.2) is 5.84 Å². The van der Waals surface area contributed by atoms with Gasteiger partial charge in [-0.1, -0.05) is 41.9 Å². The van der Waals surface area contributed by atoms with Crippen molar-refractivity contribution in [2.45, 2.75) is 36.7 Å². The van der Waals surface area contributed by atoms with E-state index in [-0.39, 0.29) is 10.8 Å². The van der Waals surface area contributed by atoms with Crippen LogP contribution < -0.4 is 5.32 Å². The maximum Gasteiger partial charge on any atom is 0.285 e. The van der Waals surface area contributed by atoms with Crippen LogP contribution in [0, 0.1) is 0 Å². The molecule has 4 rings (SSSR count). The minimum absolute atomic E-state index is 0.149. The van der Waals surface area contributed by atoms with Crippen molar-refractivity contribution in [1.29, 1.82) is 0 Å². The third-order valence-electron chi connectivity index (χ3n) is 5.10. The Kier molecular flexibility index (Phi) is 5.12. The molecule has 2 aromatic carbocycles. The molecule has 0 unspecified atom stereocenters. The highest BCUT2D eigenvalue weighted by atomic mass is 35.5. The van der Waals surface area contributed by atoms with Crippen LogP contribution in [0.15, 0.2) is 57.8 Å². The molecular formula is C20H20ClN3O3S. The van der Waals surface area contributed by atoms with Gasteiger partial charge in [-0.15, -0.1) is 4.40 Å². The molecule has 2 aliphatic heterocycles. The number of fused-ring (bicyclic) bond motifs is 1. The molecule has 1 amide bonds. The zero-order chi connectivity index (χ0) is 19.7. The summed E-state index contributed by atoms with van der Waals surface area (Å²) >= 11 is 6.17. The van der Waals surface area contributed by atoms with E-state index in [0.29, 0.717) is 35.9 Å². The highest BCUT2D eigenvalue weighted by Gasteiger charge is 2.37. The minimum Gasteiger partial charge on any atom is -0.350 e. The number of hydrogen-bond acceptors (Lipinski definition) is 4. The number of sulfonamides is 1. The van der Waals surface area contributed by atoms with Crippen molar-refractivity contribution in [1.82, 2.24) is 10.2 Å². The summed E-state index contributed by atoms with van der Waals surface area (Å²) in [6.45, 7) is 0.914. The fourth-order valence-electron chi connectivity index (χ4n) is 3.70. The lowest BCUT2D eigenvalue weighted by atomic mass is 9.99. The smallest absolute Gasteiger partial charge is 0.285 e. The van der Waals surface area contributed by atoms with Crippen LogP contribution in [0.1, 0.15) is 30.4 Å². The van der Waals surface area contributed by atoms with Gasteiger partial charge in [0.2, 0.25) is 5.91 Å². The second-order valence-electron chi connectivity index (χ2n) is 6.90. The van der Waals surface area contributed by atoms with Crippen molar-refractivity contribution in [3.63, 3.8) is 0 Å². The van der Waals surface area contributed by atoms with Gasteiger partial charge in [0.05, 0.1) is 0 Å². The molecule has 1 fully saturated rings. The summed E-state index contributed by atoms with van der Waals surface area (Å²) < 4.78 is 28.8. The van der Waals surface area contributed by atoms with Crippen LogP contribution in [0.4, 0.5) is 0 Å². The molecule has 2 heterocycles. The van der Waals surface area contributed by atoms with Gasteiger partial charge in [0.25, 0.3) is 10.0 Å². The van der Waals surface area contributed by atoms with Crippen molar-refractivity contribution < 1.29 is 13.2 Å². The first-order valence-corrected chi connectivity index (χ1v) is 11.0. The molecule has 1 saturated heterocycles. The van der Waals surface area contributed by atoms with E-state index >= 15 is 0 Å². The van der Waals surface area contributed by atoms with Gasteiger partial charge in [0, 0.05) is 23.7 Å². The molecule has 0 radical (unpaired) electrons. The molecule has 6 nitrogen and oxygen atoms in total. The predicted molar refractivity (Wildman–Crippen MR) is 108 cm³/mol. The second-order valence-corrected chi connectivity index (χ2v) is 8.88. The van der Waals surface area contributed by atoms with Crippen molar-refractivity contribution >= 4 is 33.4 Å². The second kappa shape index (κ2) is 7.56. The van der Waals surface area contributed by atoms with E-state index in [0.717, 1.165) is 18.4 Å². The monoisotopic (exact) mass is 417 g/mol. The van der Waals surface area contributed by atoms with Crippen molar-refractivity contribution in [3.05, 3.63) is 64.7 Å². The number of halogens is 1. The Morgan fingerprint density at radius 1 is 1.14 bits per heavy atom. The van der Waals surface area contributed by atoms with E-state index in [1.165, 1.54) is 0 Å². The van der Waals surface area contributed by atoms with Gasteiger partial charge in [0.1, 0.15) is 10.9 Å². The Balaban J connectivity index is 1.57. The lowest BCUT2D eigenvalue weighted by Crippen LogP contribution is -2.51. The quantitative estimate of drug-likeness (QED) is 0.832. The first-order chi connectivity index (χ1) is 13.5. The molecule has 0 aliphatic carbocycles. The summed E-state index contributed by atoms with van der Waals surface area (Å²) in [5.74, 6) is 0.220. The highest BCUT2D eigenvalue weighted by molar-refractivity contribution is 7.90. The van der Waals surface area contributed by atoms with Crippen LogP contribution in [0.25, 0.3) is 0 Å². The molecular weight excluding hydrogens is 398 g/mol. The van der Waals surface area contributed by atoms with E-state index in [1.807, 2.05) is 23.1 Å². The highest BCUT2D eigenvalue weighted by Crippen LogP contribution is 2.30. The lowest BCUT2D eigenvalue weighted by molar-refractivity contribution is -0.126. The number of likely N-dealkylation sites (tertiary alicyclic amines) is 1. The molecule has 8 heteroatoms. The molecule has 0 spiro atoms. The van der Waals surface area contributed by atoms with E-state index in [9.17, 15) is 13.2 Å². The molecule has 1 N–H and O–H groups in total. The maximum absolute atomic E-state index is 12.9. The number of nitrogens with one attached hydrogen (secondary N) is 1. The first kappa shape index (κ1) is 19.0. The molecule has 146 valence electrons.